The van der Waals surface area contributed by atoms with Gasteiger partial charge in [0.25, 0.3) is 0 Å². The molecule has 0 aliphatic carbocycles. The minimum Gasteiger partial charge on any atom is -0.369 e. The van der Waals surface area contributed by atoms with Crippen LogP contribution < -0.4 is 4.90 Å². The molecule has 2 aromatic carbocycles. The van der Waals surface area contributed by atoms with Crippen LogP contribution in [0.3, 0.4) is 0 Å². The highest BCUT2D eigenvalue weighted by Crippen LogP contribution is 2.24. The van der Waals surface area contributed by atoms with Crippen LogP contribution >= 0.6 is 15.9 Å². The molecule has 0 unspecified atom stereocenters. The van der Waals surface area contributed by atoms with E-state index in [2.05, 4.69) is 39.9 Å². The summed E-state index contributed by atoms with van der Waals surface area (Å²) in [5, 5.41) is 0. The number of sulfonamides is 1. The van der Waals surface area contributed by atoms with Crippen molar-refractivity contribution in [3.05, 3.63) is 58.6 Å². The van der Waals surface area contributed by atoms with Crippen molar-refractivity contribution in [2.24, 2.45) is 0 Å². The number of piperazine rings is 1. The van der Waals surface area contributed by atoms with Crippen molar-refractivity contribution in [2.45, 2.75) is 11.8 Å². The molecule has 0 radical (unpaired) electrons. The molecule has 1 aliphatic heterocycles. The topological polar surface area (TPSA) is 40.6 Å². The van der Waals surface area contributed by atoms with Crippen LogP contribution in [0.4, 0.5) is 5.69 Å². The van der Waals surface area contributed by atoms with Crippen molar-refractivity contribution >= 4 is 31.6 Å². The van der Waals surface area contributed by atoms with Gasteiger partial charge in [-0.1, -0.05) is 40.2 Å². The van der Waals surface area contributed by atoms with Gasteiger partial charge in [-0.3, -0.25) is 0 Å². The first-order chi connectivity index (χ1) is 11.0. The van der Waals surface area contributed by atoms with E-state index in [0.717, 1.165) is 4.47 Å². The van der Waals surface area contributed by atoms with Crippen LogP contribution in [-0.2, 0) is 10.0 Å². The van der Waals surface area contributed by atoms with Gasteiger partial charge in [0.2, 0.25) is 10.0 Å². The fourth-order valence-corrected chi connectivity index (χ4v) is 4.88. The van der Waals surface area contributed by atoms with Crippen molar-refractivity contribution in [3.63, 3.8) is 0 Å². The van der Waals surface area contributed by atoms with Gasteiger partial charge in [-0.15, -0.1) is 0 Å². The molecule has 0 atom stereocenters. The van der Waals surface area contributed by atoms with Crippen molar-refractivity contribution in [1.82, 2.24) is 4.31 Å². The van der Waals surface area contributed by atoms with E-state index in [0.29, 0.717) is 31.1 Å². The van der Waals surface area contributed by atoms with Gasteiger partial charge in [0.1, 0.15) is 0 Å². The maximum atomic E-state index is 12.7. The van der Waals surface area contributed by atoms with E-state index >= 15 is 0 Å². The molecule has 0 bridgehead atoms. The quantitative estimate of drug-likeness (QED) is 0.801. The van der Waals surface area contributed by atoms with Crippen molar-refractivity contribution in [1.29, 1.82) is 0 Å². The molecule has 0 spiro atoms. The first-order valence-electron chi connectivity index (χ1n) is 7.55. The van der Waals surface area contributed by atoms with Crippen molar-refractivity contribution < 1.29 is 8.42 Å². The predicted molar refractivity (Wildman–Crippen MR) is 96.3 cm³/mol. The maximum absolute atomic E-state index is 12.7. The fourth-order valence-electron chi connectivity index (χ4n) is 2.86. The van der Waals surface area contributed by atoms with Gasteiger partial charge in [-0.05, 0) is 36.8 Å². The van der Waals surface area contributed by atoms with Crippen LogP contribution in [0.15, 0.2) is 57.9 Å². The van der Waals surface area contributed by atoms with E-state index in [1.807, 2.05) is 18.2 Å². The van der Waals surface area contributed by atoms with E-state index in [-0.39, 0.29) is 0 Å². The monoisotopic (exact) mass is 394 g/mol. The molecule has 4 nitrogen and oxygen atoms in total. The number of nitrogens with zero attached hydrogens (tertiary/aromatic N) is 2. The Morgan fingerprint density at radius 2 is 1.65 bits per heavy atom. The Morgan fingerprint density at radius 3 is 2.30 bits per heavy atom. The van der Waals surface area contributed by atoms with Crippen molar-refractivity contribution in [2.75, 3.05) is 31.1 Å². The highest BCUT2D eigenvalue weighted by Gasteiger charge is 2.28. The molecular weight excluding hydrogens is 376 g/mol. The standard InChI is InChI=1S/C17H19BrN2O2S/c1-14-5-2-3-8-17(14)19-9-11-20(12-10-19)23(21,22)16-7-4-6-15(18)13-16/h2-8,13H,9-12H2,1H3. The van der Waals surface area contributed by atoms with E-state index in [4.69, 9.17) is 0 Å². The Morgan fingerprint density at radius 1 is 0.957 bits per heavy atom. The van der Waals surface area contributed by atoms with Gasteiger partial charge in [-0.25, -0.2) is 8.42 Å². The maximum Gasteiger partial charge on any atom is 0.243 e. The van der Waals surface area contributed by atoms with Gasteiger partial charge in [-0.2, -0.15) is 4.31 Å². The molecule has 0 amide bonds. The summed E-state index contributed by atoms with van der Waals surface area (Å²) >= 11 is 3.34. The molecule has 122 valence electrons. The third-order valence-electron chi connectivity index (χ3n) is 4.13. The lowest BCUT2D eigenvalue weighted by atomic mass is 10.1. The summed E-state index contributed by atoms with van der Waals surface area (Å²) in [6.07, 6.45) is 0. The highest BCUT2D eigenvalue weighted by molar-refractivity contribution is 9.10. The Bertz CT molecular complexity index is 800. The second-order valence-corrected chi connectivity index (χ2v) is 8.49. The zero-order valence-corrected chi connectivity index (χ0v) is 15.3. The smallest absolute Gasteiger partial charge is 0.243 e. The second kappa shape index (κ2) is 6.63. The van der Waals surface area contributed by atoms with E-state index < -0.39 is 10.0 Å². The zero-order chi connectivity index (χ0) is 16.4. The lowest BCUT2D eigenvalue weighted by Crippen LogP contribution is -2.48. The van der Waals surface area contributed by atoms with E-state index in [9.17, 15) is 8.42 Å². The number of benzene rings is 2. The largest absolute Gasteiger partial charge is 0.369 e. The Balaban J connectivity index is 1.75. The average molecular weight is 395 g/mol. The van der Waals surface area contributed by atoms with Gasteiger partial charge in [0.15, 0.2) is 0 Å². The number of aryl methyl sites for hydroxylation is 1. The highest BCUT2D eigenvalue weighted by atomic mass is 79.9. The molecule has 1 aliphatic rings. The molecule has 0 saturated carbocycles. The molecule has 0 N–H and O–H groups in total. The molecule has 6 heteroatoms. The molecule has 0 aromatic heterocycles. The van der Waals surface area contributed by atoms with Crippen molar-refractivity contribution in [3.8, 4) is 0 Å². The molecule has 2 aromatic rings. The fraction of sp³-hybridized carbons (Fsp3) is 0.294. The summed E-state index contributed by atoms with van der Waals surface area (Å²) < 4.78 is 27.8. The predicted octanol–water partition coefficient (Wildman–Crippen LogP) is 3.27. The molecule has 1 saturated heterocycles. The van der Waals surface area contributed by atoms with Gasteiger partial charge >= 0.3 is 0 Å². The number of para-hydroxylation sites is 1. The first kappa shape index (κ1) is 16.5. The van der Waals surface area contributed by atoms with Crippen LogP contribution in [0.5, 0.6) is 0 Å². The van der Waals surface area contributed by atoms with Crippen LogP contribution in [0.2, 0.25) is 0 Å². The summed E-state index contributed by atoms with van der Waals surface area (Å²) in [5.74, 6) is 0. The Hall–Kier alpha value is -1.37. The van der Waals surface area contributed by atoms with Crippen LogP contribution in [0, 0.1) is 6.92 Å². The first-order valence-corrected chi connectivity index (χ1v) is 9.78. The summed E-state index contributed by atoms with van der Waals surface area (Å²) in [6, 6.07) is 15.1. The van der Waals surface area contributed by atoms with Crippen LogP contribution in [-0.4, -0.2) is 38.9 Å². The van der Waals surface area contributed by atoms with E-state index in [1.165, 1.54) is 11.3 Å². The Kier molecular flexibility index (Phi) is 4.75. The van der Waals surface area contributed by atoms with Gasteiger partial charge in [0.05, 0.1) is 4.90 Å². The lowest BCUT2D eigenvalue weighted by molar-refractivity contribution is 0.384. The minimum atomic E-state index is -3.42. The van der Waals surface area contributed by atoms with Crippen LogP contribution in [0.25, 0.3) is 0 Å². The second-order valence-electron chi connectivity index (χ2n) is 5.63. The number of anilines is 1. The number of halogens is 1. The third-order valence-corrected chi connectivity index (χ3v) is 6.52. The van der Waals surface area contributed by atoms with Gasteiger partial charge in [0, 0.05) is 36.3 Å². The normalized spacial score (nSPS) is 16.5. The molecule has 3 rings (SSSR count). The summed E-state index contributed by atoms with van der Waals surface area (Å²) in [4.78, 5) is 2.60. The van der Waals surface area contributed by atoms with Gasteiger partial charge < -0.3 is 4.90 Å². The Labute approximate surface area is 145 Å². The molecular formula is C17H19BrN2O2S. The molecule has 1 fully saturated rings. The third kappa shape index (κ3) is 3.44. The SMILES string of the molecule is Cc1ccccc1N1CCN(S(=O)(=O)c2cccc(Br)c2)CC1. The minimum absolute atomic E-state index is 0.344. The number of rotatable bonds is 3. The lowest BCUT2D eigenvalue weighted by Gasteiger charge is -2.36. The molecule has 23 heavy (non-hydrogen) atoms. The number of hydrogen-bond donors (Lipinski definition) is 0. The van der Waals surface area contributed by atoms with E-state index in [1.54, 1.807) is 22.5 Å². The zero-order valence-electron chi connectivity index (χ0n) is 12.9. The van der Waals surface area contributed by atoms with Crippen LogP contribution in [0.1, 0.15) is 5.56 Å². The summed E-state index contributed by atoms with van der Waals surface area (Å²) in [7, 11) is -3.42. The molecule has 1 heterocycles. The number of hydrogen-bond acceptors (Lipinski definition) is 3. The summed E-state index contributed by atoms with van der Waals surface area (Å²) in [5.41, 5.74) is 2.41. The average Bonchev–Trinajstić information content (AvgIpc) is 2.55. The summed E-state index contributed by atoms with van der Waals surface area (Å²) in [6.45, 7) is 4.50.